The number of amidine groups is 1. The van der Waals surface area contributed by atoms with E-state index < -0.39 is 0 Å². The van der Waals surface area contributed by atoms with Crippen molar-refractivity contribution in [1.82, 2.24) is 5.32 Å². The van der Waals surface area contributed by atoms with Crippen LogP contribution in [-0.2, 0) is 4.79 Å². The molecule has 0 atom stereocenters. The third-order valence-corrected chi connectivity index (χ3v) is 5.57. The van der Waals surface area contributed by atoms with Gasteiger partial charge in [0.2, 0.25) is 0 Å². The molecule has 0 saturated carbocycles. The molecule has 30 heavy (non-hydrogen) atoms. The van der Waals surface area contributed by atoms with Crippen molar-refractivity contribution in [2.75, 3.05) is 6.61 Å². The van der Waals surface area contributed by atoms with E-state index >= 15 is 0 Å². The molecule has 5 nitrogen and oxygen atoms in total. The highest BCUT2D eigenvalue weighted by molar-refractivity contribution is 8.18. The molecule has 0 spiro atoms. The molecule has 1 heterocycles. The number of nitrogens with zero attached hydrogens (tertiary/aromatic N) is 1. The Morgan fingerprint density at radius 3 is 2.60 bits per heavy atom. The zero-order chi connectivity index (χ0) is 21.2. The highest BCUT2D eigenvalue weighted by Gasteiger charge is 2.23. The zero-order valence-electron chi connectivity index (χ0n) is 17.3. The summed E-state index contributed by atoms with van der Waals surface area (Å²) in [5.74, 6) is 0.809. The number of aliphatic imine (C=N–C) groups is 1. The number of hydrogen-bond acceptors (Lipinski definition) is 5. The van der Waals surface area contributed by atoms with Crippen LogP contribution in [0.3, 0.4) is 0 Å². The molecule has 158 valence electrons. The van der Waals surface area contributed by atoms with Gasteiger partial charge in [-0.2, -0.15) is 0 Å². The Kier molecular flexibility index (Phi) is 8.39. The molecule has 2 aromatic carbocycles. The molecule has 2 aromatic rings. The molecule has 1 saturated heterocycles. The number of unbranched alkanes of at least 4 members (excludes halogenated alkanes) is 5. The smallest absolute Gasteiger partial charge is 0.264 e. The molecule has 1 aliphatic heterocycles. The van der Waals surface area contributed by atoms with Crippen molar-refractivity contribution in [2.24, 2.45) is 4.99 Å². The predicted octanol–water partition coefficient (Wildman–Crippen LogP) is 6.02. The molecule has 1 amide bonds. The van der Waals surface area contributed by atoms with E-state index in [1.807, 2.05) is 30.3 Å². The van der Waals surface area contributed by atoms with E-state index in [4.69, 9.17) is 4.74 Å². The Labute approximate surface area is 182 Å². The van der Waals surface area contributed by atoms with Gasteiger partial charge in [0, 0.05) is 6.07 Å². The molecule has 0 aliphatic carbocycles. The molecule has 0 unspecified atom stereocenters. The average molecular weight is 425 g/mol. The zero-order valence-corrected chi connectivity index (χ0v) is 18.1. The first kappa shape index (κ1) is 22.0. The van der Waals surface area contributed by atoms with Crippen molar-refractivity contribution < 1.29 is 14.6 Å². The first-order valence-electron chi connectivity index (χ1n) is 10.5. The van der Waals surface area contributed by atoms with Gasteiger partial charge in [-0.15, -0.1) is 0 Å². The number of ether oxygens (including phenoxy) is 1. The number of carbonyl (C=O) groups is 1. The van der Waals surface area contributed by atoms with Crippen LogP contribution in [-0.4, -0.2) is 22.8 Å². The molecule has 0 bridgehead atoms. The van der Waals surface area contributed by atoms with E-state index in [1.54, 1.807) is 24.3 Å². The first-order valence-corrected chi connectivity index (χ1v) is 11.3. The first-order chi connectivity index (χ1) is 14.6. The number of amides is 1. The highest BCUT2D eigenvalue weighted by Crippen LogP contribution is 2.29. The number of rotatable bonds is 10. The van der Waals surface area contributed by atoms with Gasteiger partial charge in [0.25, 0.3) is 5.91 Å². The third-order valence-electron chi connectivity index (χ3n) is 4.66. The molecule has 3 rings (SSSR count). The van der Waals surface area contributed by atoms with Gasteiger partial charge >= 0.3 is 0 Å². The normalized spacial score (nSPS) is 16.2. The minimum Gasteiger partial charge on any atom is -0.508 e. The molecular formula is C24H28N2O3S. The van der Waals surface area contributed by atoms with Crippen LogP contribution in [0.5, 0.6) is 11.5 Å². The lowest BCUT2D eigenvalue weighted by molar-refractivity contribution is -0.115. The quantitative estimate of drug-likeness (QED) is 0.361. The Bertz CT molecular complexity index is 907. The molecule has 0 radical (unpaired) electrons. The standard InChI is InChI=1S/C24H28N2O3S/c1-2-3-4-5-6-7-15-29-21-13-11-18(12-14-21)16-22-23(28)26-24(30-22)25-19-9-8-10-20(27)17-19/h8-14,16-17,27H,2-7,15H2,1H3,(H,25,26,28)/b22-16-. The SMILES string of the molecule is CCCCCCCCOc1ccc(/C=C2\SC(=Nc3cccc(O)c3)NC2=O)cc1. The van der Waals surface area contributed by atoms with Gasteiger partial charge in [-0.05, 0) is 54.1 Å². The topological polar surface area (TPSA) is 70.9 Å². The summed E-state index contributed by atoms with van der Waals surface area (Å²) in [6, 6.07) is 14.4. The fourth-order valence-electron chi connectivity index (χ4n) is 3.04. The molecule has 0 aromatic heterocycles. The highest BCUT2D eigenvalue weighted by atomic mass is 32.2. The van der Waals surface area contributed by atoms with E-state index in [2.05, 4.69) is 17.2 Å². The number of nitrogens with one attached hydrogen (secondary N) is 1. The maximum atomic E-state index is 12.2. The van der Waals surface area contributed by atoms with Crippen molar-refractivity contribution >= 4 is 34.6 Å². The van der Waals surface area contributed by atoms with Crippen LogP contribution in [0.1, 0.15) is 51.0 Å². The van der Waals surface area contributed by atoms with Crippen LogP contribution in [0.25, 0.3) is 6.08 Å². The van der Waals surface area contributed by atoms with Gasteiger partial charge in [0.1, 0.15) is 11.5 Å². The number of carbonyl (C=O) groups excluding carboxylic acids is 1. The van der Waals surface area contributed by atoms with E-state index in [0.717, 1.165) is 24.3 Å². The predicted molar refractivity (Wildman–Crippen MR) is 124 cm³/mol. The molecule has 2 N–H and O–H groups in total. The monoisotopic (exact) mass is 424 g/mol. The van der Waals surface area contributed by atoms with Crippen molar-refractivity contribution in [3.63, 3.8) is 0 Å². The summed E-state index contributed by atoms with van der Waals surface area (Å²) in [6.07, 6.45) is 9.30. The Hall–Kier alpha value is -2.73. The van der Waals surface area contributed by atoms with Crippen molar-refractivity contribution in [2.45, 2.75) is 45.4 Å². The fourth-order valence-corrected chi connectivity index (χ4v) is 3.89. The molecule has 6 heteroatoms. The number of aromatic hydroxyl groups is 1. The lowest BCUT2D eigenvalue weighted by Gasteiger charge is -2.06. The van der Waals surface area contributed by atoms with Gasteiger partial charge < -0.3 is 15.2 Å². The minimum atomic E-state index is -0.178. The summed E-state index contributed by atoms with van der Waals surface area (Å²) >= 11 is 1.28. The second kappa shape index (κ2) is 11.5. The van der Waals surface area contributed by atoms with Crippen molar-refractivity contribution in [1.29, 1.82) is 0 Å². The van der Waals surface area contributed by atoms with Gasteiger partial charge in [-0.3, -0.25) is 4.79 Å². The number of hydrogen-bond donors (Lipinski definition) is 2. The van der Waals surface area contributed by atoms with Gasteiger partial charge in [-0.1, -0.05) is 57.2 Å². The van der Waals surface area contributed by atoms with Crippen molar-refractivity contribution in [3.8, 4) is 11.5 Å². The summed E-state index contributed by atoms with van der Waals surface area (Å²) in [7, 11) is 0. The third kappa shape index (κ3) is 6.95. The average Bonchev–Trinajstić information content (AvgIpc) is 3.07. The second-order valence-corrected chi connectivity index (χ2v) is 8.22. The van der Waals surface area contributed by atoms with Gasteiger partial charge in [-0.25, -0.2) is 4.99 Å². The number of phenolic OH excluding ortho intramolecular Hbond substituents is 1. The van der Waals surface area contributed by atoms with E-state index in [9.17, 15) is 9.90 Å². The van der Waals surface area contributed by atoms with Crippen LogP contribution in [0, 0.1) is 0 Å². The fraction of sp³-hybridized carbons (Fsp3) is 0.333. The van der Waals surface area contributed by atoms with Crippen molar-refractivity contribution in [3.05, 3.63) is 59.0 Å². The second-order valence-electron chi connectivity index (χ2n) is 7.19. The Morgan fingerprint density at radius 1 is 1.07 bits per heavy atom. The Balaban J connectivity index is 1.51. The van der Waals surface area contributed by atoms with Crippen LogP contribution in [0.4, 0.5) is 5.69 Å². The number of thioether (sulfide) groups is 1. The van der Waals surface area contributed by atoms with Gasteiger partial charge in [0.15, 0.2) is 5.17 Å². The summed E-state index contributed by atoms with van der Waals surface area (Å²) in [4.78, 5) is 17.2. The maximum Gasteiger partial charge on any atom is 0.264 e. The van der Waals surface area contributed by atoms with Crippen LogP contribution < -0.4 is 10.1 Å². The Morgan fingerprint density at radius 2 is 1.83 bits per heavy atom. The lowest BCUT2D eigenvalue weighted by atomic mass is 10.1. The van der Waals surface area contributed by atoms with E-state index in [-0.39, 0.29) is 11.7 Å². The van der Waals surface area contributed by atoms with Crippen LogP contribution in [0.2, 0.25) is 0 Å². The largest absolute Gasteiger partial charge is 0.508 e. The minimum absolute atomic E-state index is 0.140. The van der Waals surface area contributed by atoms with Gasteiger partial charge in [0.05, 0.1) is 17.2 Å². The summed E-state index contributed by atoms with van der Waals surface area (Å²) < 4.78 is 5.81. The molecular weight excluding hydrogens is 396 g/mol. The molecule has 1 aliphatic rings. The van der Waals surface area contributed by atoms with Crippen LogP contribution in [0.15, 0.2) is 58.4 Å². The number of phenols is 1. The van der Waals surface area contributed by atoms with E-state index in [1.165, 1.54) is 43.9 Å². The summed E-state index contributed by atoms with van der Waals surface area (Å²) in [5, 5.41) is 12.8. The summed E-state index contributed by atoms with van der Waals surface area (Å²) in [6.45, 7) is 2.96. The molecule has 1 fully saturated rings. The number of benzene rings is 2. The summed E-state index contributed by atoms with van der Waals surface area (Å²) in [5.41, 5.74) is 1.52. The van der Waals surface area contributed by atoms with E-state index in [0.29, 0.717) is 15.8 Å². The maximum absolute atomic E-state index is 12.2. The van der Waals surface area contributed by atoms with Crippen LogP contribution >= 0.6 is 11.8 Å². The lowest BCUT2D eigenvalue weighted by Crippen LogP contribution is -2.19.